The molecule has 0 radical (unpaired) electrons. The van der Waals surface area contributed by atoms with E-state index in [1.54, 1.807) is 11.3 Å². The van der Waals surface area contributed by atoms with Crippen LogP contribution in [0, 0.1) is 6.92 Å². The van der Waals surface area contributed by atoms with Gasteiger partial charge in [-0.2, -0.15) is 0 Å². The van der Waals surface area contributed by atoms with Crippen molar-refractivity contribution in [2.75, 3.05) is 32.7 Å². The first-order chi connectivity index (χ1) is 13.1. The van der Waals surface area contributed by atoms with Crippen LogP contribution < -0.4 is 5.73 Å². The van der Waals surface area contributed by atoms with Crippen molar-refractivity contribution in [1.29, 1.82) is 0 Å². The van der Waals surface area contributed by atoms with E-state index in [9.17, 15) is 4.79 Å². The average Bonchev–Trinajstić information content (AvgIpc) is 3.17. The number of hydrogen-bond acceptors (Lipinski definition) is 5. The van der Waals surface area contributed by atoms with Gasteiger partial charge in [0.1, 0.15) is 0 Å². The number of nitrogens with two attached hydrogens (primary N) is 1. The molecule has 2 aromatic heterocycles. The molecule has 27 heavy (non-hydrogen) atoms. The molecule has 3 aromatic rings. The second-order valence-corrected chi connectivity index (χ2v) is 8.14. The minimum atomic E-state index is -0.252. The molecule has 0 bridgehead atoms. The van der Waals surface area contributed by atoms with Crippen molar-refractivity contribution in [2.24, 2.45) is 5.73 Å². The van der Waals surface area contributed by atoms with Gasteiger partial charge in [0.25, 0.3) is 0 Å². The van der Waals surface area contributed by atoms with E-state index in [2.05, 4.69) is 58.5 Å². The minimum Gasteiger partial charge on any atom is -0.369 e. The summed E-state index contributed by atoms with van der Waals surface area (Å²) in [5.74, 6) is -0.252. The zero-order chi connectivity index (χ0) is 18.8. The van der Waals surface area contributed by atoms with E-state index in [-0.39, 0.29) is 5.91 Å². The summed E-state index contributed by atoms with van der Waals surface area (Å²) >= 11 is 1.73. The fourth-order valence-corrected chi connectivity index (χ4v) is 4.38. The van der Waals surface area contributed by atoms with Gasteiger partial charge in [0, 0.05) is 38.1 Å². The van der Waals surface area contributed by atoms with Gasteiger partial charge in [-0.05, 0) is 41.6 Å². The molecule has 0 unspecified atom stereocenters. The molecule has 6 heteroatoms. The molecular weight excluding hydrogens is 356 g/mol. The lowest BCUT2D eigenvalue weighted by molar-refractivity contribution is -0.119. The van der Waals surface area contributed by atoms with E-state index in [1.807, 2.05) is 0 Å². The molecule has 2 N–H and O–H groups in total. The standard InChI is InChI=1S/C21H24N4OS/c1-15-4-5-16-12-17(13-24-6-8-25(9-7-24)14-20(22)26)21(23-18(16)11-15)19-3-2-10-27-19/h2-5,10-12H,6-9,13-14H2,1H3,(H2,22,26). The first-order valence-corrected chi connectivity index (χ1v) is 10.1. The summed E-state index contributed by atoms with van der Waals surface area (Å²) < 4.78 is 0. The highest BCUT2D eigenvalue weighted by Gasteiger charge is 2.20. The zero-order valence-electron chi connectivity index (χ0n) is 15.5. The van der Waals surface area contributed by atoms with E-state index < -0.39 is 0 Å². The number of hydrogen-bond donors (Lipinski definition) is 1. The van der Waals surface area contributed by atoms with Crippen molar-refractivity contribution in [1.82, 2.24) is 14.8 Å². The molecule has 5 nitrogen and oxygen atoms in total. The van der Waals surface area contributed by atoms with Crippen LogP contribution in [-0.2, 0) is 11.3 Å². The summed E-state index contributed by atoms with van der Waals surface area (Å²) in [6.07, 6.45) is 0. The maximum absolute atomic E-state index is 11.1. The van der Waals surface area contributed by atoms with Crippen molar-refractivity contribution >= 4 is 28.1 Å². The number of primary amides is 1. The number of amides is 1. The van der Waals surface area contributed by atoms with Gasteiger partial charge in [-0.25, -0.2) is 4.98 Å². The van der Waals surface area contributed by atoms with Crippen molar-refractivity contribution in [3.05, 3.63) is 52.9 Å². The van der Waals surface area contributed by atoms with Crippen LogP contribution in [0.4, 0.5) is 0 Å². The molecule has 140 valence electrons. The number of piperazine rings is 1. The van der Waals surface area contributed by atoms with Crippen molar-refractivity contribution in [3.63, 3.8) is 0 Å². The summed E-state index contributed by atoms with van der Waals surface area (Å²) in [4.78, 5) is 21.9. The Balaban J connectivity index is 1.60. The Kier molecular flexibility index (Phi) is 5.20. The molecule has 0 spiro atoms. The molecule has 1 fully saturated rings. The van der Waals surface area contributed by atoms with E-state index in [0.29, 0.717) is 6.54 Å². The molecule has 1 saturated heterocycles. The van der Waals surface area contributed by atoms with Gasteiger partial charge in [0.05, 0.1) is 22.6 Å². The van der Waals surface area contributed by atoms with Gasteiger partial charge in [-0.3, -0.25) is 14.6 Å². The predicted octanol–water partition coefficient (Wildman–Crippen LogP) is 2.87. The Labute approximate surface area is 163 Å². The lowest BCUT2D eigenvalue weighted by Crippen LogP contribution is -2.48. The maximum Gasteiger partial charge on any atom is 0.231 e. The van der Waals surface area contributed by atoms with Crippen molar-refractivity contribution < 1.29 is 4.79 Å². The Bertz CT molecular complexity index is 946. The monoisotopic (exact) mass is 380 g/mol. The fourth-order valence-electron chi connectivity index (χ4n) is 3.63. The molecule has 1 aromatic carbocycles. The van der Waals surface area contributed by atoms with E-state index >= 15 is 0 Å². The number of carbonyl (C=O) groups is 1. The quantitative estimate of drug-likeness (QED) is 0.739. The highest BCUT2D eigenvalue weighted by molar-refractivity contribution is 7.13. The summed E-state index contributed by atoms with van der Waals surface area (Å²) in [5.41, 5.74) is 9.94. The highest BCUT2D eigenvalue weighted by atomic mass is 32.1. The van der Waals surface area contributed by atoms with Crippen LogP contribution in [0.2, 0.25) is 0 Å². The van der Waals surface area contributed by atoms with Crippen LogP contribution in [0.25, 0.3) is 21.5 Å². The Morgan fingerprint density at radius 2 is 1.93 bits per heavy atom. The molecule has 0 atom stereocenters. The zero-order valence-corrected chi connectivity index (χ0v) is 16.3. The molecule has 1 aliphatic heterocycles. The topological polar surface area (TPSA) is 62.5 Å². The third kappa shape index (κ3) is 4.18. The third-order valence-corrected chi connectivity index (χ3v) is 5.92. The van der Waals surface area contributed by atoms with Crippen molar-refractivity contribution in [3.8, 4) is 10.6 Å². The molecule has 0 saturated carbocycles. The molecule has 0 aliphatic carbocycles. The van der Waals surface area contributed by atoms with Crippen LogP contribution in [0.5, 0.6) is 0 Å². The second-order valence-electron chi connectivity index (χ2n) is 7.19. The molecule has 3 heterocycles. The number of rotatable bonds is 5. The predicted molar refractivity (Wildman–Crippen MR) is 111 cm³/mol. The number of nitrogens with zero attached hydrogens (tertiary/aromatic N) is 3. The third-order valence-electron chi connectivity index (χ3n) is 5.04. The van der Waals surface area contributed by atoms with Gasteiger partial charge in [0.2, 0.25) is 5.91 Å². The summed E-state index contributed by atoms with van der Waals surface area (Å²) in [6, 6.07) is 13.0. The largest absolute Gasteiger partial charge is 0.369 e. The number of thiophene rings is 1. The van der Waals surface area contributed by atoms with E-state index in [0.717, 1.165) is 43.9 Å². The summed E-state index contributed by atoms with van der Waals surface area (Å²) in [6.45, 7) is 6.94. The number of aromatic nitrogens is 1. The summed E-state index contributed by atoms with van der Waals surface area (Å²) in [5, 5.41) is 3.28. The smallest absolute Gasteiger partial charge is 0.231 e. The van der Waals surface area contributed by atoms with Gasteiger partial charge in [0.15, 0.2) is 0 Å². The summed E-state index contributed by atoms with van der Waals surface area (Å²) in [7, 11) is 0. The molecular formula is C21H24N4OS. The van der Waals surface area contributed by atoms with E-state index in [4.69, 9.17) is 10.7 Å². The highest BCUT2D eigenvalue weighted by Crippen LogP contribution is 2.30. The molecule has 1 aliphatic rings. The lowest BCUT2D eigenvalue weighted by Gasteiger charge is -2.34. The Hall–Kier alpha value is -2.28. The number of carbonyl (C=O) groups excluding carboxylic acids is 1. The van der Waals surface area contributed by atoms with Gasteiger partial charge in [-0.15, -0.1) is 11.3 Å². The lowest BCUT2D eigenvalue weighted by atomic mass is 10.1. The minimum absolute atomic E-state index is 0.252. The number of fused-ring (bicyclic) bond motifs is 1. The Morgan fingerprint density at radius 1 is 1.15 bits per heavy atom. The molecule has 1 amide bonds. The van der Waals surface area contributed by atoms with Crippen LogP contribution in [0.15, 0.2) is 41.8 Å². The average molecular weight is 381 g/mol. The number of pyridine rings is 1. The number of aryl methyl sites for hydroxylation is 1. The normalized spacial score (nSPS) is 16.0. The van der Waals surface area contributed by atoms with Crippen LogP contribution in [0.1, 0.15) is 11.1 Å². The SMILES string of the molecule is Cc1ccc2cc(CN3CCN(CC(N)=O)CC3)c(-c3cccs3)nc2c1. The first-order valence-electron chi connectivity index (χ1n) is 9.26. The van der Waals surface area contributed by atoms with Gasteiger partial charge in [-0.1, -0.05) is 18.2 Å². The van der Waals surface area contributed by atoms with Crippen LogP contribution in [0.3, 0.4) is 0 Å². The molecule has 4 rings (SSSR count). The Morgan fingerprint density at radius 3 is 2.63 bits per heavy atom. The van der Waals surface area contributed by atoms with Crippen LogP contribution >= 0.6 is 11.3 Å². The number of benzene rings is 1. The van der Waals surface area contributed by atoms with E-state index in [1.165, 1.54) is 21.4 Å². The maximum atomic E-state index is 11.1. The van der Waals surface area contributed by atoms with Gasteiger partial charge >= 0.3 is 0 Å². The second kappa shape index (κ2) is 7.76. The first kappa shape index (κ1) is 18.1. The van der Waals surface area contributed by atoms with Gasteiger partial charge < -0.3 is 5.73 Å². The van der Waals surface area contributed by atoms with Crippen molar-refractivity contribution in [2.45, 2.75) is 13.5 Å². The van der Waals surface area contributed by atoms with Crippen LogP contribution in [-0.4, -0.2) is 53.4 Å². The fraction of sp³-hybridized carbons (Fsp3) is 0.333.